The number of nitrogen functional groups attached to an aromatic ring is 1. The number of nitrogens with two attached hydrogens (primary N) is 1. The topological polar surface area (TPSA) is 88.1 Å². The molecule has 1 saturated heterocycles. The maximum absolute atomic E-state index is 13.9. The van der Waals surface area contributed by atoms with Crippen molar-refractivity contribution in [2.45, 2.75) is 19.4 Å². The van der Waals surface area contributed by atoms with Gasteiger partial charge in [0.25, 0.3) is 0 Å². The number of nitrogens with zero attached hydrogens (tertiary/aromatic N) is 4. The first-order chi connectivity index (χ1) is 12.0. The van der Waals surface area contributed by atoms with Gasteiger partial charge in [-0.25, -0.2) is 13.8 Å². The van der Waals surface area contributed by atoms with Gasteiger partial charge in [0, 0.05) is 18.2 Å². The van der Waals surface area contributed by atoms with Crippen molar-refractivity contribution in [2.24, 2.45) is 0 Å². The van der Waals surface area contributed by atoms with Crippen LogP contribution in [0.15, 0.2) is 18.2 Å². The Hall–Kier alpha value is -2.79. The molecule has 0 radical (unpaired) electrons. The third kappa shape index (κ3) is 3.37. The highest BCUT2D eigenvalue weighted by Crippen LogP contribution is 2.28. The highest BCUT2D eigenvalue weighted by molar-refractivity contribution is 5.66. The van der Waals surface area contributed by atoms with E-state index in [0.29, 0.717) is 31.3 Å². The summed E-state index contributed by atoms with van der Waals surface area (Å²) >= 11 is 0. The Kier molecular flexibility index (Phi) is 4.76. The van der Waals surface area contributed by atoms with Crippen molar-refractivity contribution < 1.29 is 13.5 Å². The first-order valence-electron chi connectivity index (χ1n) is 7.92. The number of hydrogen-bond acceptors (Lipinski definition) is 6. The Morgan fingerprint density at radius 2 is 2.04 bits per heavy atom. The first kappa shape index (κ1) is 17.0. The van der Waals surface area contributed by atoms with Crippen molar-refractivity contribution in [1.29, 1.82) is 5.26 Å². The molecule has 25 heavy (non-hydrogen) atoms. The van der Waals surface area contributed by atoms with Crippen LogP contribution in [0.3, 0.4) is 0 Å². The monoisotopic (exact) mass is 345 g/mol. The summed E-state index contributed by atoms with van der Waals surface area (Å²) < 4.78 is 33.3. The van der Waals surface area contributed by atoms with E-state index in [0.717, 1.165) is 18.6 Å². The van der Waals surface area contributed by atoms with Gasteiger partial charge in [-0.2, -0.15) is 10.2 Å². The molecule has 0 spiro atoms. The molecule has 1 aliphatic rings. The van der Waals surface area contributed by atoms with E-state index in [2.05, 4.69) is 14.9 Å². The van der Waals surface area contributed by atoms with E-state index in [1.165, 1.54) is 6.07 Å². The quantitative estimate of drug-likeness (QED) is 0.919. The average Bonchev–Trinajstić information content (AvgIpc) is 2.61. The molecular weight excluding hydrogens is 328 g/mol. The second-order valence-corrected chi connectivity index (χ2v) is 5.73. The van der Waals surface area contributed by atoms with E-state index < -0.39 is 17.2 Å². The predicted octanol–water partition coefficient (Wildman–Crippen LogP) is 2.49. The molecule has 1 aromatic heterocycles. The minimum absolute atomic E-state index is 0.0130. The first-order valence-corrected chi connectivity index (χ1v) is 7.92. The van der Waals surface area contributed by atoms with Crippen LogP contribution < -0.4 is 10.6 Å². The average molecular weight is 345 g/mol. The van der Waals surface area contributed by atoms with Crippen molar-refractivity contribution >= 4 is 11.8 Å². The molecule has 2 heterocycles. The van der Waals surface area contributed by atoms with E-state index >= 15 is 0 Å². The van der Waals surface area contributed by atoms with E-state index in [9.17, 15) is 8.78 Å². The third-order valence-electron chi connectivity index (χ3n) is 4.17. The highest BCUT2D eigenvalue weighted by atomic mass is 19.1. The van der Waals surface area contributed by atoms with Gasteiger partial charge in [-0.15, -0.1) is 0 Å². The molecule has 1 atom stereocenters. The lowest BCUT2D eigenvalue weighted by atomic mass is 10.1. The molecule has 0 bridgehead atoms. The maximum Gasteiger partial charge on any atom is 0.222 e. The lowest BCUT2D eigenvalue weighted by molar-refractivity contribution is 0.0926. The number of aromatic nitrogens is 2. The second-order valence-electron chi connectivity index (χ2n) is 5.73. The van der Waals surface area contributed by atoms with Gasteiger partial charge in [0.1, 0.15) is 29.1 Å². The Labute approximate surface area is 143 Å². The lowest BCUT2D eigenvalue weighted by Gasteiger charge is -2.36. The van der Waals surface area contributed by atoms with Crippen LogP contribution in [-0.4, -0.2) is 35.8 Å². The zero-order valence-corrected chi connectivity index (χ0v) is 13.7. The van der Waals surface area contributed by atoms with E-state index in [1.807, 2.05) is 6.92 Å². The molecule has 6 nitrogen and oxygen atoms in total. The molecule has 1 aromatic carbocycles. The van der Waals surface area contributed by atoms with Crippen LogP contribution in [-0.2, 0) is 4.74 Å². The van der Waals surface area contributed by atoms with Gasteiger partial charge in [0.15, 0.2) is 0 Å². The fraction of sp³-hybridized carbons (Fsp3) is 0.353. The van der Waals surface area contributed by atoms with Gasteiger partial charge in [0.05, 0.1) is 24.9 Å². The number of ether oxygens (including phenoxy) is 1. The number of halogens is 2. The summed E-state index contributed by atoms with van der Waals surface area (Å²) in [5.74, 6) is -1.27. The fourth-order valence-electron chi connectivity index (χ4n) is 2.87. The molecule has 1 fully saturated rings. The van der Waals surface area contributed by atoms with Crippen molar-refractivity contribution in [1.82, 2.24) is 9.97 Å². The van der Waals surface area contributed by atoms with Crippen LogP contribution in [0, 0.1) is 23.0 Å². The highest BCUT2D eigenvalue weighted by Gasteiger charge is 2.24. The minimum Gasteiger partial charge on any atom is -0.377 e. The number of nitriles is 1. The summed E-state index contributed by atoms with van der Waals surface area (Å²) in [6.45, 7) is 3.83. The summed E-state index contributed by atoms with van der Waals surface area (Å²) in [6, 6.07) is 5.43. The van der Waals surface area contributed by atoms with E-state index in [1.54, 1.807) is 6.07 Å². The van der Waals surface area contributed by atoms with Crippen LogP contribution in [0.25, 0.3) is 11.3 Å². The van der Waals surface area contributed by atoms with Crippen molar-refractivity contribution in [3.8, 4) is 17.3 Å². The SMILES string of the molecule is CC[C@@H]1COCCN1c1cc(-c2cc(F)c(C#N)c(F)c2)nc(N)n1. The Balaban J connectivity index is 2.04. The Bertz CT molecular complexity index is 813. The van der Waals surface area contributed by atoms with E-state index in [-0.39, 0.29) is 17.6 Å². The number of benzene rings is 1. The second kappa shape index (κ2) is 6.99. The number of morpholine rings is 1. The zero-order chi connectivity index (χ0) is 18.0. The molecule has 0 amide bonds. The molecule has 0 aliphatic carbocycles. The Morgan fingerprint density at radius 1 is 1.32 bits per heavy atom. The summed E-state index contributed by atoms with van der Waals surface area (Å²) in [7, 11) is 0. The summed E-state index contributed by atoms with van der Waals surface area (Å²) in [5, 5.41) is 8.78. The van der Waals surface area contributed by atoms with Gasteiger partial charge < -0.3 is 15.4 Å². The van der Waals surface area contributed by atoms with Gasteiger partial charge in [0.2, 0.25) is 5.95 Å². The molecule has 0 unspecified atom stereocenters. The van der Waals surface area contributed by atoms with Gasteiger partial charge in [-0.3, -0.25) is 0 Å². The molecule has 2 N–H and O–H groups in total. The van der Waals surface area contributed by atoms with Crippen LogP contribution >= 0.6 is 0 Å². The van der Waals surface area contributed by atoms with Crippen LogP contribution in [0.5, 0.6) is 0 Å². The fourth-order valence-corrected chi connectivity index (χ4v) is 2.87. The Morgan fingerprint density at radius 3 is 2.68 bits per heavy atom. The lowest BCUT2D eigenvalue weighted by Crippen LogP contribution is -2.45. The summed E-state index contributed by atoms with van der Waals surface area (Å²) in [5.41, 5.74) is 5.68. The molecule has 8 heteroatoms. The standard InChI is InChI=1S/C17H17F2N5O/c1-2-11-9-25-4-3-24(11)16-7-15(22-17(21)23-16)10-5-13(18)12(8-20)14(19)6-10/h5-7,11H,2-4,9H2,1H3,(H2,21,22,23)/t11-/m1/s1. The molecule has 0 saturated carbocycles. The van der Waals surface area contributed by atoms with Gasteiger partial charge in [-0.1, -0.05) is 6.92 Å². The predicted molar refractivity (Wildman–Crippen MR) is 88.8 cm³/mol. The molecule has 2 aromatic rings. The number of anilines is 2. The normalized spacial score (nSPS) is 17.4. The van der Waals surface area contributed by atoms with E-state index in [4.69, 9.17) is 15.7 Å². The van der Waals surface area contributed by atoms with Crippen molar-refractivity contribution in [3.63, 3.8) is 0 Å². The number of hydrogen-bond donors (Lipinski definition) is 1. The van der Waals surface area contributed by atoms with Crippen molar-refractivity contribution in [2.75, 3.05) is 30.4 Å². The smallest absolute Gasteiger partial charge is 0.222 e. The molecular formula is C17H17F2N5O. The largest absolute Gasteiger partial charge is 0.377 e. The molecule has 3 rings (SSSR count). The van der Waals surface area contributed by atoms with Crippen molar-refractivity contribution in [3.05, 3.63) is 35.4 Å². The minimum atomic E-state index is -0.936. The molecule has 130 valence electrons. The number of rotatable bonds is 3. The maximum atomic E-state index is 13.9. The van der Waals surface area contributed by atoms with Gasteiger partial charge >= 0.3 is 0 Å². The summed E-state index contributed by atoms with van der Waals surface area (Å²) in [6.07, 6.45) is 0.860. The third-order valence-corrected chi connectivity index (χ3v) is 4.17. The summed E-state index contributed by atoms with van der Waals surface area (Å²) in [4.78, 5) is 10.4. The van der Waals surface area contributed by atoms with Crippen LogP contribution in [0.4, 0.5) is 20.5 Å². The van der Waals surface area contributed by atoms with Crippen LogP contribution in [0.2, 0.25) is 0 Å². The van der Waals surface area contributed by atoms with Gasteiger partial charge in [-0.05, 0) is 18.6 Å². The van der Waals surface area contributed by atoms with Crippen LogP contribution in [0.1, 0.15) is 18.9 Å². The molecule has 1 aliphatic heterocycles. The zero-order valence-electron chi connectivity index (χ0n) is 13.7.